The van der Waals surface area contributed by atoms with Gasteiger partial charge < -0.3 is 14.5 Å². The highest BCUT2D eigenvalue weighted by Crippen LogP contribution is 2.33. The van der Waals surface area contributed by atoms with Gasteiger partial charge >= 0.3 is 5.97 Å². The number of fused-ring (bicyclic) bond motifs is 1. The highest BCUT2D eigenvalue weighted by molar-refractivity contribution is 5.82. The second-order valence-corrected chi connectivity index (χ2v) is 7.40. The summed E-state index contributed by atoms with van der Waals surface area (Å²) >= 11 is 0. The van der Waals surface area contributed by atoms with Crippen molar-refractivity contribution in [2.24, 2.45) is 0 Å². The van der Waals surface area contributed by atoms with Gasteiger partial charge in [0.05, 0.1) is 12.5 Å². The molecule has 0 N–H and O–H groups in total. The summed E-state index contributed by atoms with van der Waals surface area (Å²) in [5.74, 6) is -0.746. The number of rotatable bonds is 4. The lowest BCUT2D eigenvalue weighted by Crippen LogP contribution is -2.37. The Kier molecular flexibility index (Phi) is 6.85. The fraction of sp³-hybridized carbons (Fsp3) is 0.500. The molecule has 1 saturated heterocycles. The molecular formula is C22H28N2O4. The average Bonchev–Trinajstić information content (AvgIpc) is 2.66. The highest BCUT2D eigenvalue weighted by Gasteiger charge is 2.29. The van der Waals surface area contributed by atoms with Gasteiger partial charge in [-0.15, -0.1) is 0 Å². The van der Waals surface area contributed by atoms with Crippen molar-refractivity contribution < 1.29 is 19.1 Å². The summed E-state index contributed by atoms with van der Waals surface area (Å²) in [7, 11) is 0. The van der Waals surface area contributed by atoms with Crippen LogP contribution in [0, 0.1) is 0 Å². The highest BCUT2D eigenvalue weighted by atomic mass is 16.5. The molecule has 6 heteroatoms. The fourth-order valence-corrected chi connectivity index (χ4v) is 3.86. The van der Waals surface area contributed by atoms with E-state index in [1.165, 1.54) is 13.3 Å². The zero-order valence-electron chi connectivity index (χ0n) is 16.4. The number of amides is 2. The van der Waals surface area contributed by atoms with Crippen LogP contribution in [-0.2, 0) is 19.1 Å². The van der Waals surface area contributed by atoms with Crippen molar-refractivity contribution in [1.29, 1.82) is 0 Å². The third-order valence-electron chi connectivity index (χ3n) is 5.39. The summed E-state index contributed by atoms with van der Waals surface area (Å²) < 4.78 is 5.28. The minimum absolute atomic E-state index is 0.0220. The molecule has 1 atom stereocenters. The van der Waals surface area contributed by atoms with Gasteiger partial charge in [0.2, 0.25) is 5.91 Å². The van der Waals surface area contributed by atoms with Crippen LogP contribution < -0.4 is 0 Å². The molecule has 0 aromatic heterocycles. The van der Waals surface area contributed by atoms with Crippen molar-refractivity contribution in [2.75, 3.05) is 19.7 Å². The minimum Gasteiger partial charge on any atom is -0.455 e. The molecule has 1 aromatic carbocycles. The minimum atomic E-state index is -0.471. The molecule has 2 amide bonds. The number of carbonyl (C=O) groups is 3. The molecule has 2 aliphatic rings. The van der Waals surface area contributed by atoms with Crippen molar-refractivity contribution in [3.63, 3.8) is 0 Å². The van der Waals surface area contributed by atoms with Crippen LogP contribution in [-0.4, -0.2) is 47.3 Å². The zero-order valence-corrected chi connectivity index (χ0v) is 16.4. The van der Waals surface area contributed by atoms with Gasteiger partial charge in [-0.1, -0.05) is 43.5 Å². The topological polar surface area (TPSA) is 66.9 Å². The van der Waals surface area contributed by atoms with E-state index in [0.717, 1.165) is 49.9 Å². The second kappa shape index (κ2) is 9.53. The predicted molar refractivity (Wildman–Crippen MR) is 106 cm³/mol. The van der Waals surface area contributed by atoms with E-state index >= 15 is 0 Å². The zero-order chi connectivity index (χ0) is 19.9. The summed E-state index contributed by atoms with van der Waals surface area (Å²) in [5.41, 5.74) is 1.89. The van der Waals surface area contributed by atoms with E-state index in [4.69, 9.17) is 4.74 Å². The fourth-order valence-electron chi connectivity index (χ4n) is 3.86. The standard InChI is InChI=1S/C22H28N2O4/c1-17(25)24-14-11-18-9-5-6-10-19(18)20(24)15-22(27)28-16-21(26)23-12-7-3-2-4-8-13-23/h5-6,9-11,14,20H,2-4,7-8,12-13,15-16H2,1H3. The number of benzene rings is 1. The molecule has 2 aliphatic heterocycles. The Hall–Kier alpha value is -2.63. The lowest BCUT2D eigenvalue weighted by Gasteiger charge is -2.32. The van der Waals surface area contributed by atoms with Crippen molar-refractivity contribution in [3.8, 4) is 0 Å². The predicted octanol–water partition coefficient (Wildman–Crippen LogP) is 3.29. The van der Waals surface area contributed by atoms with Crippen LogP contribution in [0.1, 0.15) is 62.6 Å². The normalized spacial score (nSPS) is 19.4. The first kappa shape index (κ1) is 20.1. The van der Waals surface area contributed by atoms with Crippen LogP contribution in [0.3, 0.4) is 0 Å². The van der Waals surface area contributed by atoms with E-state index in [-0.39, 0.29) is 24.8 Å². The van der Waals surface area contributed by atoms with E-state index < -0.39 is 12.0 Å². The second-order valence-electron chi connectivity index (χ2n) is 7.40. The Morgan fingerprint density at radius 3 is 2.43 bits per heavy atom. The van der Waals surface area contributed by atoms with Crippen molar-refractivity contribution in [1.82, 2.24) is 9.80 Å². The van der Waals surface area contributed by atoms with E-state index in [9.17, 15) is 14.4 Å². The molecule has 1 fully saturated rings. The van der Waals surface area contributed by atoms with Crippen LogP contribution in [0.15, 0.2) is 30.5 Å². The molecule has 0 radical (unpaired) electrons. The number of likely N-dealkylation sites (tertiary alicyclic amines) is 1. The third kappa shape index (κ3) is 5.00. The molecule has 3 rings (SSSR count). The molecule has 1 unspecified atom stereocenters. The molecule has 2 heterocycles. The van der Waals surface area contributed by atoms with Crippen LogP contribution in [0.4, 0.5) is 0 Å². The summed E-state index contributed by atoms with van der Waals surface area (Å²) in [6.07, 6.45) is 9.09. The molecular weight excluding hydrogens is 356 g/mol. The Labute approximate surface area is 166 Å². The van der Waals surface area contributed by atoms with E-state index in [0.29, 0.717) is 0 Å². The molecule has 0 aliphatic carbocycles. The van der Waals surface area contributed by atoms with Gasteiger partial charge in [0.15, 0.2) is 6.61 Å². The molecule has 0 bridgehead atoms. The molecule has 1 aromatic rings. The lowest BCUT2D eigenvalue weighted by atomic mass is 9.94. The van der Waals surface area contributed by atoms with Crippen molar-refractivity contribution in [3.05, 3.63) is 41.6 Å². The molecule has 0 saturated carbocycles. The first-order valence-electron chi connectivity index (χ1n) is 10.1. The van der Waals surface area contributed by atoms with E-state index in [2.05, 4.69) is 0 Å². The quantitative estimate of drug-likeness (QED) is 0.747. The Morgan fingerprint density at radius 1 is 1.04 bits per heavy atom. The molecule has 150 valence electrons. The maximum Gasteiger partial charge on any atom is 0.308 e. The smallest absolute Gasteiger partial charge is 0.308 e. The Bertz CT molecular complexity index is 751. The summed E-state index contributed by atoms with van der Waals surface area (Å²) in [4.78, 5) is 40.2. The number of carbonyl (C=O) groups excluding carboxylic acids is 3. The Morgan fingerprint density at radius 2 is 1.71 bits per heavy atom. The van der Waals surface area contributed by atoms with Gasteiger partial charge in [-0.05, 0) is 30.0 Å². The van der Waals surface area contributed by atoms with Gasteiger partial charge in [-0.25, -0.2) is 0 Å². The van der Waals surface area contributed by atoms with Crippen LogP contribution in [0.25, 0.3) is 6.08 Å². The van der Waals surface area contributed by atoms with Gasteiger partial charge in [-0.2, -0.15) is 0 Å². The summed E-state index contributed by atoms with van der Waals surface area (Å²) in [6, 6.07) is 7.26. The van der Waals surface area contributed by atoms with Gasteiger partial charge in [-0.3, -0.25) is 14.4 Å². The van der Waals surface area contributed by atoms with Gasteiger partial charge in [0, 0.05) is 26.2 Å². The summed E-state index contributed by atoms with van der Waals surface area (Å²) in [6.45, 7) is 2.70. The largest absolute Gasteiger partial charge is 0.455 e. The first-order valence-corrected chi connectivity index (χ1v) is 10.1. The van der Waals surface area contributed by atoms with Crippen LogP contribution in [0.5, 0.6) is 0 Å². The number of hydrogen-bond acceptors (Lipinski definition) is 4. The van der Waals surface area contributed by atoms with E-state index in [1.807, 2.05) is 30.3 Å². The Balaban J connectivity index is 1.59. The maximum absolute atomic E-state index is 12.4. The monoisotopic (exact) mass is 384 g/mol. The lowest BCUT2D eigenvalue weighted by molar-refractivity contribution is -0.153. The van der Waals surface area contributed by atoms with E-state index in [1.54, 1.807) is 16.0 Å². The van der Waals surface area contributed by atoms with Crippen molar-refractivity contribution >= 4 is 23.9 Å². The number of esters is 1. The third-order valence-corrected chi connectivity index (χ3v) is 5.39. The number of ether oxygens (including phenoxy) is 1. The van der Waals surface area contributed by atoms with Crippen LogP contribution in [0.2, 0.25) is 0 Å². The maximum atomic E-state index is 12.4. The number of nitrogens with zero attached hydrogens (tertiary/aromatic N) is 2. The average molecular weight is 384 g/mol. The van der Waals surface area contributed by atoms with Gasteiger partial charge in [0.1, 0.15) is 0 Å². The first-order chi connectivity index (χ1) is 13.6. The molecule has 0 spiro atoms. The SMILES string of the molecule is CC(=O)N1C=Cc2ccccc2C1CC(=O)OCC(=O)N1CCCCCCC1. The summed E-state index contributed by atoms with van der Waals surface area (Å²) in [5, 5.41) is 0. The van der Waals surface area contributed by atoms with Gasteiger partial charge in [0.25, 0.3) is 5.91 Å². The van der Waals surface area contributed by atoms with Crippen molar-refractivity contribution in [2.45, 2.75) is 51.5 Å². The number of hydrogen-bond donors (Lipinski definition) is 0. The molecule has 6 nitrogen and oxygen atoms in total. The molecule has 28 heavy (non-hydrogen) atoms. The van der Waals surface area contributed by atoms with Crippen LogP contribution >= 0.6 is 0 Å².